The van der Waals surface area contributed by atoms with Gasteiger partial charge in [0.1, 0.15) is 0 Å². The third kappa shape index (κ3) is 4.19. The lowest BCUT2D eigenvalue weighted by Crippen LogP contribution is -2.27. The zero-order chi connectivity index (χ0) is 22.1. The van der Waals surface area contributed by atoms with E-state index in [0.29, 0.717) is 9.23 Å². The molecule has 1 N–H and O–H groups in total. The molecule has 4 rings (SSSR count). The number of aromatic nitrogens is 1. The highest BCUT2D eigenvalue weighted by Crippen LogP contribution is 2.36. The molecular formula is C24H21N3O2S2. The number of amides is 2. The van der Waals surface area contributed by atoms with Gasteiger partial charge in [-0.1, -0.05) is 42.2 Å². The van der Waals surface area contributed by atoms with Crippen LogP contribution < -0.4 is 10.2 Å². The zero-order valence-electron chi connectivity index (χ0n) is 17.4. The standard InChI is InChI=1S/C24H21N3O2S2/c1-15-13-18(16(2)26(15)21-11-9-19(10-12-21)25-17(3)28)14-22-23(29)27(24(30)31-22)20-7-5-4-6-8-20/h4-14H,1-3H3,(H,25,28)/b22-14+. The Morgan fingerprint density at radius 1 is 1.03 bits per heavy atom. The van der Waals surface area contributed by atoms with Gasteiger partial charge in [-0.2, -0.15) is 0 Å². The third-order valence-corrected chi connectivity index (χ3v) is 6.31. The molecule has 1 fully saturated rings. The van der Waals surface area contributed by atoms with E-state index in [1.807, 2.05) is 74.5 Å². The van der Waals surface area contributed by atoms with Crippen molar-refractivity contribution < 1.29 is 9.59 Å². The first-order valence-electron chi connectivity index (χ1n) is 9.75. The Balaban J connectivity index is 1.65. The molecule has 1 aromatic heterocycles. The second-order valence-electron chi connectivity index (χ2n) is 7.24. The molecule has 0 radical (unpaired) electrons. The molecule has 2 amide bonds. The average molecular weight is 448 g/mol. The number of nitrogens with zero attached hydrogens (tertiary/aromatic N) is 2. The normalized spacial score (nSPS) is 15.1. The molecule has 5 nitrogen and oxygen atoms in total. The molecule has 156 valence electrons. The third-order valence-electron chi connectivity index (χ3n) is 5.01. The SMILES string of the molecule is CC(=O)Nc1ccc(-n2c(C)cc(/C=C3/SC(=S)N(c4ccccc4)C3=O)c2C)cc1. The fourth-order valence-electron chi connectivity index (χ4n) is 3.64. The minimum absolute atomic E-state index is 0.101. The Kier molecular flexibility index (Phi) is 5.80. The Bertz CT molecular complexity index is 1210. The molecule has 0 unspecified atom stereocenters. The fraction of sp³-hybridized carbons (Fsp3) is 0.125. The van der Waals surface area contributed by atoms with Gasteiger partial charge in [0.05, 0.1) is 10.6 Å². The quantitative estimate of drug-likeness (QED) is 0.426. The van der Waals surface area contributed by atoms with Crippen LogP contribution in [0, 0.1) is 13.8 Å². The van der Waals surface area contributed by atoms with E-state index in [4.69, 9.17) is 12.2 Å². The van der Waals surface area contributed by atoms with Crippen molar-refractivity contribution in [2.75, 3.05) is 10.2 Å². The summed E-state index contributed by atoms with van der Waals surface area (Å²) in [5.41, 5.74) is 5.56. The number of aryl methyl sites for hydroxylation is 1. The lowest BCUT2D eigenvalue weighted by molar-refractivity contribution is -0.114. The number of hydrogen-bond donors (Lipinski definition) is 1. The van der Waals surface area contributed by atoms with Crippen molar-refractivity contribution in [2.45, 2.75) is 20.8 Å². The van der Waals surface area contributed by atoms with E-state index in [9.17, 15) is 9.59 Å². The monoisotopic (exact) mass is 447 g/mol. The van der Waals surface area contributed by atoms with Gasteiger partial charge in [0.2, 0.25) is 5.91 Å². The molecule has 2 aromatic carbocycles. The molecule has 0 spiro atoms. The van der Waals surface area contributed by atoms with Gasteiger partial charge in [0.25, 0.3) is 5.91 Å². The minimum atomic E-state index is -0.106. The highest BCUT2D eigenvalue weighted by atomic mass is 32.2. The summed E-state index contributed by atoms with van der Waals surface area (Å²) in [6, 6.07) is 19.2. The van der Waals surface area contributed by atoms with Crippen LogP contribution in [0.4, 0.5) is 11.4 Å². The van der Waals surface area contributed by atoms with Crippen LogP contribution in [0.15, 0.2) is 65.6 Å². The first-order chi connectivity index (χ1) is 14.8. The van der Waals surface area contributed by atoms with Crippen LogP contribution in [0.25, 0.3) is 11.8 Å². The summed E-state index contributed by atoms with van der Waals surface area (Å²) in [4.78, 5) is 26.5. The molecule has 0 atom stereocenters. The Hall–Kier alpha value is -3.16. The molecule has 2 heterocycles. The molecule has 0 saturated carbocycles. The van der Waals surface area contributed by atoms with Gasteiger partial charge < -0.3 is 9.88 Å². The van der Waals surface area contributed by atoms with E-state index in [2.05, 4.69) is 16.0 Å². The van der Waals surface area contributed by atoms with Crippen LogP contribution in [0.2, 0.25) is 0 Å². The number of thioether (sulfide) groups is 1. The van der Waals surface area contributed by atoms with Crippen molar-refractivity contribution in [3.8, 4) is 5.69 Å². The van der Waals surface area contributed by atoms with Crippen LogP contribution in [-0.4, -0.2) is 20.7 Å². The lowest BCUT2D eigenvalue weighted by Gasteiger charge is -2.13. The maximum atomic E-state index is 13.0. The summed E-state index contributed by atoms with van der Waals surface area (Å²) in [6.07, 6.45) is 1.91. The maximum Gasteiger partial charge on any atom is 0.270 e. The highest BCUT2D eigenvalue weighted by molar-refractivity contribution is 8.27. The van der Waals surface area contributed by atoms with Crippen LogP contribution >= 0.6 is 24.0 Å². The van der Waals surface area contributed by atoms with Crippen LogP contribution in [0.3, 0.4) is 0 Å². The average Bonchev–Trinajstić information content (AvgIpc) is 3.17. The second-order valence-corrected chi connectivity index (χ2v) is 8.92. The van der Waals surface area contributed by atoms with E-state index in [-0.39, 0.29) is 11.8 Å². The van der Waals surface area contributed by atoms with Crippen molar-refractivity contribution in [1.82, 2.24) is 4.57 Å². The van der Waals surface area contributed by atoms with Gasteiger partial charge in [-0.25, -0.2) is 0 Å². The van der Waals surface area contributed by atoms with Crippen molar-refractivity contribution in [3.05, 3.63) is 82.5 Å². The van der Waals surface area contributed by atoms with Crippen LogP contribution in [-0.2, 0) is 9.59 Å². The van der Waals surface area contributed by atoms with Crippen LogP contribution in [0.1, 0.15) is 23.9 Å². The number of rotatable bonds is 4. The Morgan fingerprint density at radius 2 is 1.71 bits per heavy atom. The Labute approximate surface area is 190 Å². The summed E-state index contributed by atoms with van der Waals surface area (Å²) in [6.45, 7) is 5.54. The Morgan fingerprint density at radius 3 is 2.35 bits per heavy atom. The molecule has 1 aliphatic rings. The summed E-state index contributed by atoms with van der Waals surface area (Å²) in [5.74, 6) is -0.207. The molecule has 3 aromatic rings. The van der Waals surface area contributed by atoms with Gasteiger partial charge >= 0.3 is 0 Å². The van der Waals surface area contributed by atoms with Gasteiger partial charge in [-0.05, 0) is 68.0 Å². The number of benzene rings is 2. The number of thiocarbonyl (C=S) groups is 1. The molecule has 0 bridgehead atoms. The minimum Gasteiger partial charge on any atom is -0.326 e. The van der Waals surface area contributed by atoms with E-state index in [0.717, 1.165) is 34.0 Å². The van der Waals surface area contributed by atoms with Crippen molar-refractivity contribution in [3.63, 3.8) is 0 Å². The van der Waals surface area contributed by atoms with Gasteiger partial charge in [0, 0.05) is 29.7 Å². The van der Waals surface area contributed by atoms with Gasteiger partial charge in [-0.15, -0.1) is 0 Å². The number of carbonyl (C=O) groups is 2. The predicted molar refractivity (Wildman–Crippen MR) is 132 cm³/mol. The number of hydrogen-bond acceptors (Lipinski definition) is 4. The van der Waals surface area contributed by atoms with E-state index < -0.39 is 0 Å². The van der Waals surface area contributed by atoms with Gasteiger partial charge in [0.15, 0.2) is 4.32 Å². The van der Waals surface area contributed by atoms with Gasteiger partial charge in [-0.3, -0.25) is 14.5 Å². The highest BCUT2D eigenvalue weighted by Gasteiger charge is 2.33. The predicted octanol–water partition coefficient (Wildman–Crippen LogP) is 5.46. The largest absolute Gasteiger partial charge is 0.326 e. The molecule has 31 heavy (non-hydrogen) atoms. The van der Waals surface area contributed by atoms with E-state index in [1.54, 1.807) is 4.90 Å². The van der Waals surface area contributed by atoms with Crippen molar-refractivity contribution >= 4 is 57.6 Å². The number of nitrogens with one attached hydrogen (secondary N) is 1. The second kappa shape index (κ2) is 8.53. The maximum absolute atomic E-state index is 13.0. The molecule has 1 aliphatic heterocycles. The summed E-state index contributed by atoms with van der Waals surface area (Å²) in [7, 11) is 0. The van der Waals surface area contributed by atoms with Crippen molar-refractivity contribution in [1.29, 1.82) is 0 Å². The summed E-state index contributed by atoms with van der Waals surface area (Å²) in [5, 5.41) is 2.78. The topological polar surface area (TPSA) is 54.3 Å². The zero-order valence-corrected chi connectivity index (χ0v) is 19.0. The van der Waals surface area contributed by atoms with E-state index in [1.165, 1.54) is 18.7 Å². The molecular weight excluding hydrogens is 426 g/mol. The first-order valence-corrected chi connectivity index (χ1v) is 11.0. The molecule has 7 heteroatoms. The van der Waals surface area contributed by atoms with Crippen LogP contribution in [0.5, 0.6) is 0 Å². The first kappa shape index (κ1) is 21.1. The molecule has 1 saturated heterocycles. The molecule has 0 aliphatic carbocycles. The fourth-order valence-corrected chi connectivity index (χ4v) is 4.93. The summed E-state index contributed by atoms with van der Waals surface area (Å²) < 4.78 is 2.66. The summed E-state index contributed by atoms with van der Waals surface area (Å²) >= 11 is 6.79. The number of para-hydroxylation sites is 1. The number of anilines is 2. The lowest BCUT2D eigenvalue weighted by atomic mass is 10.2. The smallest absolute Gasteiger partial charge is 0.270 e. The number of carbonyl (C=O) groups excluding carboxylic acids is 2. The van der Waals surface area contributed by atoms with E-state index >= 15 is 0 Å². The van der Waals surface area contributed by atoms with Crippen molar-refractivity contribution in [2.24, 2.45) is 0 Å².